The zero-order valence-corrected chi connectivity index (χ0v) is 17.0. The Balaban J connectivity index is 1.99. The van der Waals surface area contributed by atoms with E-state index in [0.29, 0.717) is 42.2 Å². The van der Waals surface area contributed by atoms with Gasteiger partial charge in [0.25, 0.3) is 0 Å². The lowest BCUT2D eigenvalue weighted by Gasteiger charge is -2.23. The minimum Gasteiger partial charge on any atom is -0.511 e. The van der Waals surface area contributed by atoms with Gasteiger partial charge in [-0.15, -0.1) is 11.8 Å². The van der Waals surface area contributed by atoms with Gasteiger partial charge in [0.05, 0.1) is 16.8 Å². The Morgan fingerprint density at radius 3 is 2.62 bits per heavy atom. The lowest BCUT2D eigenvalue weighted by atomic mass is 9.83. The number of rotatable bonds is 8. The molecule has 0 saturated heterocycles. The van der Waals surface area contributed by atoms with Crippen LogP contribution in [0.1, 0.15) is 45.1 Å². The van der Waals surface area contributed by atoms with Crippen molar-refractivity contribution < 1.29 is 32.3 Å². The molecule has 9 heteroatoms. The number of carbonyl (C=O) groups is 1. The van der Waals surface area contributed by atoms with E-state index in [2.05, 4.69) is 5.16 Å². The van der Waals surface area contributed by atoms with Crippen molar-refractivity contribution in [2.24, 2.45) is 11.1 Å². The second kappa shape index (κ2) is 10.1. The second-order valence-electron chi connectivity index (χ2n) is 6.61. The van der Waals surface area contributed by atoms with E-state index in [1.807, 2.05) is 6.92 Å². The molecule has 1 atom stereocenters. The number of Topliss-reactive ketones (excluding diaryl/α,β-unsaturated/α-hetero) is 1. The maximum Gasteiger partial charge on any atom is 0.419 e. The fourth-order valence-electron chi connectivity index (χ4n) is 3.09. The highest BCUT2D eigenvalue weighted by Gasteiger charge is 2.34. The van der Waals surface area contributed by atoms with Gasteiger partial charge in [0, 0.05) is 17.7 Å². The number of aliphatic hydroxyl groups excluding tert-OH is 1. The molecule has 1 aliphatic rings. The smallest absolute Gasteiger partial charge is 0.419 e. The first kappa shape index (κ1) is 23.3. The van der Waals surface area contributed by atoms with Crippen molar-refractivity contribution in [3.63, 3.8) is 0 Å². The molecule has 1 aliphatic carbocycles. The van der Waals surface area contributed by atoms with Crippen molar-refractivity contribution in [2.75, 3.05) is 12.4 Å². The summed E-state index contributed by atoms with van der Waals surface area (Å²) in [5.41, 5.74) is -0.674. The Morgan fingerprint density at radius 1 is 1.31 bits per heavy atom. The minimum atomic E-state index is -4.75. The summed E-state index contributed by atoms with van der Waals surface area (Å²) in [7, 11) is 0. The van der Waals surface area contributed by atoms with Crippen molar-refractivity contribution in [3.8, 4) is 0 Å². The van der Waals surface area contributed by atoms with Crippen molar-refractivity contribution >= 4 is 23.3 Å². The number of carbonyl (C=O) groups excluding carboxylic acids is 1. The first-order chi connectivity index (χ1) is 13.7. The van der Waals surface area contributed by atoms with Gasteiger partial charge in [0.15, 0.2) is 5.78 Å². The number of hydrogen-bond donors (Lipinski definition) is 1. The molecule has 1 N–H and O–H groups in total. The van der Waals surface area contributed by atoms with Crippen LogP contribution < -0.4 is 0 Å². The number of alkyl halides is 3. The molecule has 0 spiro atoms. The number of hydrogen-bond acceptors (Lipinski definition) is 5. The predicted molar refractivity (Wildman–Crippen MR) is 103 cm³/mol. The Hall–Kier alpha value is -2.03. The Kier molecular flexibility index (Phi) is 8.13. The highest BCUT2D eigenvalue weighted by molar-refractivity contribution is 7.99. The first-order valence-corrected chi connectivity index (χ1v) is 10.3. The Labute approximate surface area is 171 Å². The van der Waals surface area contributed by atoms with E-state index in [-0.39, 0.29) is 29.5 Å². The molecule has 1 aromatic carbocycles. The van der Waals surface area contributed by atoms with Crippen LogP contribution in [-0.4, -0.2) is 29.0 Å². The van der Waals surface area contributed by atoms with E-state index in [4.69, 9.17) is 4.84 Å². The van der Waals surface area contributed by atoms with Gasteiger partial charge >= 0.3 is 6.18 Å². The van der Waals surface area contributed by atoms with E-state index >= 15 is 0 Å². The standard InChI is InChI=1S/C20H23F4NO3S/c1-3-16(25-28-4-2)19-17(26)9-12(10-18(19)27)7-8-29-13-5-6-15(21)14(11-13)20(22,23)24/h5-6,11-12,26H,3-4,7-10H2,1-2H3/b25-16-. The monoisotopic (exact) mass is 433 g/mol. The van der Waals surface area contributed by atoms with E-state index in [1.165, 1.54) is 6.07 Å². The zero-order chi connectivity index (χ0) is 21.6. The molecule has 1 aromatic rings. The van der Waals surface area contributed by atoms with Crippen molar-refractivity contribution in [1.82, 2.24) is 0 Å². The molecule has 4 nitrogen and oxygen atoms in total. The van der Waals surface area contributed by atoms with E-state index < -0.39 is 17.6 Å². The molecule has 1 unspecified atom stereocenters. The van der Waals surface area contributed by atoms with Crippen LogP contribution in [0.25, 0.3) is 0 Å². The van der Waals surface area contributed by atoms with Crippen LogP contribution in [0, 0.1) is 11.7 Å². The number of nitrogens with zero attached hydrogens (tertiary/aromatic N) is 1. The van der Waals surface area contributed by atoms with Gasteiger partial charge in [-0.05, 0) is 49.6 Å². The molecule has 0 radical (unpaired) electrons. The fourth-order valence-corrected chi connectivity index (χ4v) is 4.14. The topological polar surface area (TPSA) is 58.9 Å². The third-order valence-corrected chi connectivity index (χ3v) is 5.52. The van der Waals surface area contributed by atoms with Gasteiger partial charge in [-0.3, -0.25) is 4.79 Å². The van der Waals surface area contributed by atoms with Crippen LogP contribution in [0.5, 0.6) is 0 Å². The van der Waals surface area contributed by atoms with Crippen LogP contribution in [0.2, 0.25) is 0 Å². The highest BCUT2D eigenvalue weighted by Crippen LogP contribution is 2.35. The van der Waals surface area contributed by atoms with Crippen LogP contribution in [-0.2, 0) is 15.8 Å². The summed E-state index contributed by atoms with van der Waals surface area (Å²) in [6.07, 6.45) is -3.26. The lowest BCUT2D eigenvalue weighted by Crippen LogP contribution is -2.25. The Bertz CT molecular complexity index is 805. The summed E-state index contributed by atoms with van der Waals surface area (Å²) in [5, 5.41) is 14.2. The zero-order valence-electron chi connectivity index (χ0n) is 16.2. The summed E-state index contributed by atoms with van der Waals surface area (Å²) in [6, 6.07) is 2.90. The molecule has 0 saturated carbocycles. The van der Waals surface area contributed by atoms with Crippen molar-refractivity contribution in [2.45, 2.75) is 50.6 Å². The number of oxime groups is 1. The van der Waals surface area contributed by atoms with E-state index in [0.717, 1.165) is 23.9 Å². The van der Waals surface area contributed by atoms with Crippen LogP contribution >= 0.6 is 11.8 Å². The molecule has 0 heterocycles. The normalized spacial score (nSPS) is 18.3. The third kappa shape index (κ3) is 6.22. The second-order valence-corrected chi connectivity index (χ2v) is 7.77. The van der Waals surface area contributed by atoms with Gasteiger partial charge in [0.1, 0.15) is 18.2 Å². The van der Waals surface area contributed by atoms with Crippen LogP contribution in [0.3, 0.4) is 0 Å². The fraction of sp³-hybridized carbons (Fsp3) is 0.500. The lowest BCUT2D eigenvalue weighted by molar-refractivity contribution is -0.140. The van der Waals surface area contributed by atoms with Gasteiger partial charge in [0.2, 0.25) is 0 Å². The van der Waals surface area contributed by atoms with Crippen LogP contribution in [0.15, 0.2) is 39.6 Å². The maximum atomic E-state index is 13.4. The van der Waals surface area contributed by atoms with Gasteiger partial charge in [-0.2, -0.15) is 13.2 Å². The summed E-state index contributed by atoms with van der Waals surface area (Å²) in [6.45, 7) is 3.93. The number of halogens is 4. The molecule has 29 heavy (non-hydrogen) atoms. The molecule has 2 rings (SSSR count). The quantitative estimate of drug-likeness (QED) is 0.239. The van der Waals surface area contributed by atoms with Gasteiger partial charge in [-0.1, -0.05) is 12.1 Å². The molecule has 160 valence electrons. The Morgan fingerprint density at radius 2 is 2.03 bits per heavy atom. The average molecular weight is 433 g/mol. The molecule has 0 amide bonds. The third-order valence-electron chi connectivity index (χ3n) is 4.49. The van der Waals surface area contributed by atoms with Gasteiger partial charge in [-0.25, -0.2) is 4.39 Å². The molecular weight excluding hydrogens is 410 g/mol. The first-order valence-electron chi connectivity index (χ1n) is 9.31. The SMILES string of the molecule is CCO/N=C(/CC)C1=C(O)CC(CCSc2ccc(F)c(C(F)(F)F)c2)CC1=O. The van der Waals surface area contributed by atoms with Gasteiger partial charge < -0.3 is 9.94 Å². The molecule has 0 bridgehead atoms. The van der Waals surface area contributed by atoms with Crippen molar-refractivity contribution in [3.05, 3.63) is 40.9 Å². The predicted octanol–water partition coefficient (Wildman–Crippen LogP) is 5.92. The maximum absolute atomic E-state index is 13.4. The molecular formula is C20H23F4NO3S. The van der Waals surface area contributed by atoms with E-state index in [1.54, 1.807) is 6.92 Å². The number of ketones is 1. The molecule has 0 aromatic heterocycles. The average Bonchev–Trinajstić information content (AvgIpc) is 2.64. The number of benzene rings is 1. The van der Waals surface area contributed by atoms with Crippen molar-refractivity contribution in [1.29, 1.82) is 0 Å². The molecule has 0 fully saturated rings. The summed E-state index contributed by atoms with van der Waals surface area (Å²) >= 11 is 1.16. The number of thioether (sulfide) groups is 1. The summed E-state index contributed by atoms with van der Waals surface area (Å²) < 4.78 is 51.8. The largest absolute Gasteiger partial charge is 0.511 e. The minimum absolute atomic E-state index is 0.0299. The summed E-state index contributed by atoms with van der Waals surface area (Å²) in [4.78, 5) is 17.8. The highest BCUT2D eigenvalue weighted by atomic mass is 32.2. The van der Waals surface area contributed by atoms with Crippen LogP contribution in [0.4, 0.5) is 17.6 Å². The number of aliphatic hydroxyl groups is 1. The number of allylic oxidation sites excluding steroid dienone is 2. The summed E-state index contributed by atoms with van der Waals surface area (Å²) in [5.74, 6) is -1.23. The molecule has 0 aliphatic heterocycles. The van der Waals surface area contributed by atoms with E-state index in [9.17, 15) is 27.5 Å².